The molecular formula is C21H24ClN3OS. The molecule has 1 aliphatic carbocycles. The maximum Gasteiger partial charge on any atom is 0.322 e. The molecule has 0 unspecified atom stereocenters. The van der Waals surface area contributed by atoms with Gasteiger partial charge in [-0.25, -0.2) is 9.78 Å². The van der Waals surface area contributed by atoms with Gasteiger partial charge in [0.1, 0.15) is 5.15 Å². The minimum Gasteiger partial charge on any atom is -0.334 e. The molecule has 4 nitrogen and oxygen atoms in total. The van der Waals surface area contributed by atoms with E-state index < -0.39 is 0 Å². The number of aromatic nitrogens is 1. The summed E-state index contributed by atoms with van der Waals surface area (Å²) in [6.45, 7) is 3.39. The Bertz CT molecular complexity index is 834. The van der Waals surface area contributed by atoms with Crippen LogP contribution in [0.15, 0.2) is 41.4 Å². The number of rotatable bonds is 4. The highest BCUT2D eigenvalue weighted by molar-refractivity contribution is 7.99. The van der Waals surface area contributed by atoms with Crippen LogP contribution < -0.4 is 10.2 Å². The summed E-state index contributed by atoms with van der Waals surface area (Å²) in [7, 11) is 0. The molecule has 1 aromatic carbocycles. The Morgan fingerprint density at radius 1 is 1.30 bits per heavy atom. The number of amides is 2. The maximum atomic E-state index is 12.9. The van der Waals surface area contributed by atoms with Crippen molar-refractivity contribution in [1.29, 1.82) is 0 Å². The number of halogens is 1. The number of fused-ring (bicyclic) bond motifs is 2. The molecule has 2 aliphatic rings. The van der Waals surface area contributed by atoms with E-state index in [0.29, 0.717) is 11.7 Å². The molecule has 142 valence electrons. The Labute approximate surface area is 169 Å². The highest BCUT2D eigenvalue weighted by Crippen LogP contribution is 2.50. The number of hydrogen-bond donors (Lipinski definition) is 1. The van der Waals surface area contributed by atoms with Crippen LogP contribution in [-0.4, -0.2) is 23.3 Å². The van der Waals surface area contributed by atoms with Gasteiger partial charge in [0.25, 0.3) is 0 Å². The highest BCUT2D eigenvalue weighted by atomic mass is 35.5. The van der Waals surface area contributed by atoms with Crippen LogP contribution in [0.5, 0.6) is 0 Å². The highest BCUT2D eigenvalue weighted by Gasteiger charge is 2.46. The second-order valence-corrected chi connectivity index (χ2v) is 9.06. The van der Waals surface area contributed by atoms with E-state index in [1.54, 1.807) is 6.20 Å². The number of thioether (sulfide) groups is 1. The zero-order valence-electron chi connectivity index (χ0n) is 15.5. The Hall–Kier alpha value is -1.72. The quantitative estimate of drug-likeness (QED) is 0.551. The molecule has 4 rings (SSSR count). The lowest BCUT2D eigenvalue weighted by molar-refractivity contribution is 0.245. The summed E-state index contributed by atoms with van der Waals surface area (Å²) in [5.74, 6) is 1.06. The van der Waals surface area contributed by atoms with Crippen molar-refractivity contribution in [2.75, 3.05) is 17.2 Å². The molecule has 2 amide bonds. The van der Waals surface area contributed by atoms with E-state index in [-0.39, 0.29) is 11.4 Å². The molecule has 6 heteroatoms. The monoisotopic (exact) mass is 401 g/mol. The number of urea groups is 1. The normalized spacial score (nSPS) is 17.3. The number of pyridine rings is 1. The third-order valence-electron chi connectivity index (χ3n) is 5.66. The van der Waals surface area contributed by atoms with Gasteiger partial charge in [-0.15, -0.1) is 11.8 Å². The third-order valence-corrected chi connectivity index (χ3v) is 6.76. The zero-order chi connectivity index (χ0) is 18.9. The maximum absolute atomic E-state index is 12.9. The molecule has 2 heterocycles. The molecule has 0 atom stereocenters. The van der Waals surface area contributed by atoms with Crippen molar-refractivity contribution < 1.29 is 4.79 Å². The minimum atomic E-state index is -0.0591. The number of nitrogens with one attached hydrogen (secondary N) is 1. The van der Waals surface area contributed by atoms with Crippen molar-refractivity contribution in [2.45, 2.75) is 49.5 Å². The summed E-state index contributed by atoms with van der Waals surface area (Å²) in [6, 6.07) is 10.3. The lowest BCUT2D eigenvalue weighted by atomic mass is 9.81. The Morgan fingerprint density at radius 3 is 2.74 bits per heavy atom. The molecule has 1 N–H and O–H groups in total. The summed E-state index contributed by atoms with van der Waals surface area (Å²) in [5, 5.41) is 3.58. The van der Waals surface area contributed by atoms with Gasteiger partial charge in [-0.3, -0.25) is 4.90 Å². The first-order valence-electron chi connectivity index (χ1n) is 9.54. The Kier molecular flexibility index (Phi) is 5.33. The number of anilines is 1. The fourth-order valence-electron chi connectivity index (χ4n) is 4.34. The molecule has 1 spiro atoms. The fourth-order valence-corrected chi connectivity index (χ4v) is 5.16. The lowest BCUT2D eigenvalue weighted by Crippen LogP contribution is -2.41. The average molecular weight is 402 g/mol. The molecule has 0 saturated heterocycles. The van der Waals surface area contributed by atoms with Gasteiger partial charge < -0.3 is 5.32 Å². The number of carbonyl (C=O) groups is 1. The Morgan fingerprint density at radius 2 is 2.04 bits per heavy atom. The summed E-state index contributed by atoms with van der Waals surface area (Å²) in [6.07, 6.45) is 6.39. The summed E-state index contributed by atoms with van der Waals surface area (Å²) in [5.41, 5.74) is 3.26. The van der Waals surface area contributed by atoms with E-state index in [9.17, 15) is 4.79 Å². The van der Waals surface area contributed by atoms with Crippen LogP contribution in [0.3, 0.4) is 0 Å². The molecule has 0 radical (unpaired) electrons. The zero-order valence-corrected chi connectivity index (χ0v) is 17.1. The van der Waals surface area contributed by atoms with Gasteiger partial charge in [-0.2, -0.15) is 0 Å². The van der Waals surface area contributed by atoms with E-state index >= 15 is 0 Å². The molecule has 1 aliphatic heterocycles. The van der Waals surface area contributed by atoms with Crippen molar-refractivity contribution >= 4 is 35.1 Å². The van der Waals surface area contributed by atoms with E-state index in [2.05, 4.69) is 41.5 Å². The molecule has 1 saturated carbocycles. The predicted octanol–water partition coefficient (Wildman–Crippen LogP) is 5.39. The lowest BCUT2D eigenvalue weighted by Gasteiger charge is -2.24. The molecule has 1 aromatic heterocycles. The van der Waals surface area contributed by atoms with Crippen molar-refractivity contribution in [1.82, 2.24) is 10.3 Å². The molecule has 0 bridgehead atoms. The summed E-state index contributed by atoms with van der Waals surface area (Å²) in [4.78, 5) is 20.3. The average Bonchev–Trinajstić information content (AvgIpc) is 3.27. The topological polar surface area (TPSA) is 45.2 Å². The van der Waals surface area contributed by atoms with E-state index in [1.165, 1.54) is 23.3 Å². The Balaban J connectivity index is 1.48. The van der Waals surface area contributed by atoms with Crippen LogP contribution >= 0.6 is 23.4 Å². The molecule has 27 heavy (non-hydrogen) atoms. The van der Waals surface area contributed by atoms with Crippen LogP contribution in [0.4, 0.5) is 10.5 Å². The standard InChI is InChI=1S/C21H24ClN3OS/c1-2-27-16-7-5-15(6-8-16)12-24-20(26)25-14-21(9-3-4-10-21)17-11-19(22)23-13-18(17)25/h5-8,11,13H,2-4,9-10,12,14H2,1H3,(H,24,26). The third kappa shape index (κ3) is 3.67. The number of carbonyl (C=O) groups excluding carboxylic acids is 1. The van der Waals surface area contributed by atoms with Gasteiger partial charge >= 0.3 is 6.03 Å². The second kappa shape index (κ2) is 7.72. The minimum absolute atomic E-state index is 0.0538. The van der Waals surface area contributed by atoms with Crippen LogP contribution in [0.25, 0.3) is 0 Å². The molecule has 1 fully saturated rings. The van der Waals surface area contributed by atoms with Crippen molar-refractivity contribution in [3.05, 3.63) is 52.8 Å². The van der Waals surface area contributed by atoms with Gasteiger partial charge in [0.2, 0.25) is 0 Å². The van der Waals surface area contributed by atoms with Crippen molar-refractivity contribution in [3.63, 3.8) is 0 Å². The van der Waals surface area contributed by atoms with Crippen molar-refractivity contribution in [3.8, 4) is 0 Å². The second-order valence-electron chi connectivity index (χ2n) is 7.33. The smallest absolute Gasteiger partial charge is 0.322 e. The van der Waals surface area contributed by atoms with Crippen LogP contribution in [-0.2, 0) is 12.0 Å². The first kappa shape index (κ1) is 18.6. The van der Waals surface area contributed by atoms with Gasteiger partial charge in [0.15, 0.2) is 0 Å². The summed E-state index contributed by atoms with van der Waals surface area (Å²) < 4.78 is 0. The van der Waals surface area contributed by atoms with E-state index in [1.807, 2.05) is 22.7 Å². The fraction of sp³-hybridized carbons (Fsp3) is 0.429. The number of nitrogens with zero attached hydrogens (tertiary/aromatic N) is 2. The number of hydrogen-bond acceptors (Lipinski definition) is 3. The van der Waals surface area contributed by atoms with Crippen LogP contribution in [0, 0.1) is 0 Å². The first-order valence-corrected chi connectivity index (χ1v) is 10.9. The first-order chi connectivity index (χ1) is 13.1. The van der Waals surface area contributed by atoms with Crippen LogP contribution in [0.2, 0.25) is 5.15 Å². The predicted molar refractivity (Wildman–Crippen MR) is 112 cm³/mol. The van der Waals surface area contributed by atoms with E-state index in [0.717, 1.165) is 36.4 Å². The van der Waals surface area contributed by atoms with E-state index in [4.69, 9.17) is 11.6 Å². The summed E-state index contributed by atoms with van der Waals surface area (Å²) >= 11 is 7.98. The molecule has 2 aromatic rings. The van der Waals surface area contributed by atoms with Gasteiger partial charge in [-0.05, 0) is 47.9 Å². The van der Waals surface area contributed by atoms with Gasteiger partial charge in [0.05, 0.1) is 11.9 Å². The van der Waals surface area contributed by atoms with Crippen LogP contribution in [0.1, 0.15) is 43.7 Å². The van der Waals surface area contributed by atoms with Gasteiger partial charge in [-0.1, -0.05) is 43.5 Å². The SMILES string of the molecule is CCSc1ccc(CNC(=O)N2CC3(CCCC3)c3cc(Cl)ncc32)cc1. The van der Waals surface area contributed by atoms with Crippen molar-refractivity contribution in [2.24, 2.45) is 0 Å². The molecular weight excluding hydrogens is 378 g/mol. The van der Waals surface area contributed by atoms with Gasteiger partial charge in [0, 0.05) is 23.4 Å². The largest absolute Gasteiger partial charge is 0.334 e. The number of benzene rings is 1.